The molecule has 2 N–H and O–H groups in total. The van der Waals surface area contributed by atoms with Crippen molar-refractivity contribution >= 4 is 17.2 Å². The maximum Gasteiger partial charge on any atom is 0.274 e. The molecule has 4 rings (SSSR count). The summed E-state index contributed by atoms with van der Waals surface area (Å²) in [6, 6.07) is 6.45. The Morgan fingerprint density at radius 2 is 2.23 bits per heavy atom. The van der Waals surface area contributed by atoms with Crippen molar-refractivity contribution < 1.29 is 9.18 Å². The van der Waals surface area contributed by atoms with Crippen LogP contribution in [0.3, 0.4) is 0 Å². The Hall–Kier alpha value is -1.79. The normalized spacial score (nSPS) is 27.8. The molecule has 2 aliphatic rings. The van der Waals surface area contributed by atoms with Gasteiger partial charge in [-0.3, -0.25) is 4.79 Å². The summed E-state index contributed by atoms with van der Waals surface area (Å²) in [6.45, 7) is 5.40. The van der Waals surface area contributed by atoms with Crippen LogP contribution in [0.25, 0.3) is 10.4 Å². The zero-order valence-electron chi connectivity index (χ0n) is 15.1. The molecule has 2 heterocycles. The summed E-state index contributed by atoms with van der Waals surface area (Å²) >= 11 is 1.44. The number of fused-ring (bicyclic) bond motifs is 1. The minimum Gasteiger partial charge on any atom is -0.332 e. The zero-order valence-corrected chi connectivity index (χ0v) is 15.9. The van der Waals surface area contributed by atoms with E-state index in [1.807, 2.05) is 17.9 Å². The summed E-state index contributed by atoms with van der Waals surface area (Å²) in [5.74, 6) is 1.37. The Bertz CT molecular complexity index is 836. The summed E-state index contributed by atoms with van der Waals surface area (Å²) in [6.07, 6.45) is 2.31. The molecule has 1 aromatic carbocycles. The number of aryl methyl sites for hydroxylation is 1. The Morgan fingerprint density at radius 1 is 1.42 bits per heavy atom. The van der Waals surface area contributed by atoms with E-state index in [9.17, 15) is 9.18 Å². The van der Waals surface area contributed by atoms with Gasteiger partial charge in [-0.25, -0.2) is 9.37 Å². The molecule has 138 valence electrons. The molecule has 1 amide bonds. The molecule has 1 aliphatic carbocycles. The molecule has 2 aromatic rings. The van der Waals surface area contributed by atoms with Crippen molar-refractivity contribution in [3.05, 3.63) is 40.8 Å². The number of hydrogen-bond donors (Lipinski definition) is 1. The number of benzene rings is 1. The van der Waals surface area contributed by atoms with Crippen molar-refractivity contribution in [2.75, 3.05) is 13.1 Å². The number of nitrogens with two attached hydrogens (primary N) is 1. The van der Waals surface area contributed by atoms with Crippen LogP contribution < -0.4 is 5.73 Å². The van der Waals surface area contributed by atoms with Gasteiger partial charge in [0.25, 0.3) is 5.91 Å². The van der Waals surface area contributed by atoms with E-state index >= 15 is 0 Å². The second-order valence-corrected chi connectivity index (χ2v) is 8.89. The molecule has 6 heteroatoms. The summed E-state index contributed by atoms with van der Waals surface area (Å²) in [4.78, 5) is 20.5. The first-order valence-electron chi connectivity index (χ1n) is 9.22. The van der Waals surface area contributed by atoms with Gasteiger partial charge in [-0.1, -0.05) is 19.1 Å². The number of nitrogens with zero attached hydrogens (tertiary/aromatic N) is 2. The van der Waals surface area contributed by atoms with E-state index in [0.29, 0.717) is 35.6 Å². The Kier molecular flexibility index (Phi) is 4.57. The van der Waals surface area contributed by atoms with Crippen molar-refractivity contribution in [1.29, 1.82) is 0 Å². The average Bonchev–Trinajstić information content (AvgIpc) is 3.25. The van der Waals surface area contributed by atoms with Crippen LogP contribution in [-0.4, -0.2) is 34.9 Å². The number of amides is 1. The lowest BCUT2D eigenvalue weighted by molar-refractivity contribution is 0.0710. The zero-order chi connectivity index (χ0) is 18.4. The maximum absolute atomic E-state index is 13.7. The third-order valence-electron chi connectivity index (χ3n) is 5.84. The molecule has 2 fully saturated rings. The molecule has 1 aliphatic heterocycles. The smallest absolute Gasteiger partial charge is 0.274 e. The highest BCUT2D eigenvalue weighted by atomic mass is 32.1. The highest BCUT2D eigenvalue weighted by Crippen LogP contribution is 2.45. The number of halogens is 1. The lowest BCUT2D eigenvalue weighted by Crippen LogP contribution is -2.43. The van der Waals surface area contributed by atoms with E-state index < -0.39 is 0 Å². The lowest BCUT2D eigenvalue weighted by Gasteiger charge is -2.27. The van der Waals surface area contributed by atoms with Gasteiger partial charge in [-0.05, 0) is 55.2 Å². The van der Waals surface area contributed by atoms with Gasteiger partial charge in [0.05, 0.1) is 9.88 Å². The van der Waals surface area contributed by atoms with E-state index in [-0.39, 0.29) is 17.8 Å². The van der Waals surface area contributed by atoms with Crippen LogP contribution >= 0.6 is 11.3 Å². The molecule has 4 atom stereocenters. The van der Waals surface area contributed by atoms with Crippen LogP contribution in [0.1, 0.15) is 35.3 Å². The number of thiazole rings is 1. The predicted molar refractivity (Wildman–Crippen MR) is 102 cm³/mol. The van der Waals surface area contributed by atoms with Crippen LogP contribution in [-0.2, 0) is 0 Å². The summed E-state index contributed by atoms with van der Waals surface area (Å²) < 4.78 is 13.7. The van der Waals surface area contributed by atoms with E-state index in [2.05, 4.69) is 11.9 Å². The van der Waals surface area contributed by atoms with E-state index in [0.717, 1.165) is 29.3 Å². The largest absolute Gasteiger partial charge is 0.332 e. The molecule has 1 unspecified atom stereocenters. The van der Waals surface area contributed by atoms with Gasteiger partial charge in [0.2, 0.25) is 0 Å². The minimum absolute atomic E-state index is 0.0638. The summed E-state index contributed by atoms with van der Waals surface area (Å²) in [7, 11) is 0. The van der Waals surface area contributed by atoms with Crippen LogP contribution in [0.15, 0.2) is 24.3 Å². The van der Waals surface area contributed by atoms with Gasteiger partial charge in [-0.2, -0.15) is 0 Å². The lowest BCUT2D eigenvalue weighted by atomic mass is 9.94. The van der Waals surface area contributed by atoms with E-state index in [1.165, 1.54) is 23.5 Å². The van der Waals surface area contributed by atoms with Crippen LogP contribution in [0, 0.1) is 30.5 Å². The third kappa shape index (κ3) is 2.95. The van der Waals surface area contributed by atoms with E-state index in [1.54, 1.807) is 6.07 Å². The number of aromatic nitrogens is 1. The van der Waals surface area contributed by atoms with Crippen LogP contribution in [0.5, 0.6) is 0 Å². The first-order chi connectivity index (χ1) is 12.5. The van der Waals surface area contributed by atoms with Gasteiger partial charge in [-0.15, -0.1) is 11.3 Å². The van der Waals surface area contributed by atoms with Gasteiger partial charge in [0.1, 0.15) is 11.5 Å². The molecule has 0 bridgehead atoms. The van der Waals surface area contributed by atoms with Gasteiger partial charge >= 0.3 is 0 Å². The Morgan fingerprint density at radius 3 is 2.96 bits per heavy atom. The van der Waals surface area contributed by atoms with Gasteiger partial charge in [0.15, 0.2) is 0 Å². The van der Waals surface area contributed by atoms with E-state index in [4.69, 9.17) is 5.73 Å². The molecular formula is C20H24FN3OS. The second-order valence-electron chi connectivity index (χ2n) is 7.68. The topological polar surface area (TPSA) is 59.2 Å². The van der Waals surface area contributed by atoms with Crippen molar-refractivity contribution in [2.45, 2.75) is 32.7 Å². The number of rotatable bonds is 3. The standard InChI is InChI=1S/C20H24FN3OS/c1-11-6-14-10-24(17(9-22)16(14)7-11)20(25)18-19(26-12(2)23-18)13-4-3-5-15(21)8-13/h3-5,8,11,14,16-17H,6-7,9-10,22H2,1-2H3/t11?,14-,16-,17+/m0/s1. The number of carbonyl (C=O) groups is 1. The highest BCUT2D eigenvalue weighted by molar-refractivity contribution is 7.15. The van der Waals surface area contributed by atoms with Crippen molar-refractivity contribution in [3.8, 4) is 10.4 Å². The SMILES string of the molecule is Cc1nc(C(=O)N2C[C@@H]3CC(C)C[C@@H]3[C@H]2CN)c(-c2cccc(F)c2)s1. The molecule has 26 heavy (non-hydrogen) atoms. The Labute approximate surface area is 157 Å². The minimum atomic E-state index is -0.309. The highest BCUT2D eigenvalue weighted by Gasteiger charge is 2.48. The fourth-order valence-electron chi connectivity index (χ4n) is 4.81. The third-order valence-corrected chi connectivity index (χ3v) is 6.86. The van der Waals surface area contributed by atoms with Crippen LogP contribution in [0.2, 0.25) is 0 Å². The number of likely N-dealkylation sites (tertiary alicyclic amines) is 1. The maximum atomic E-state index is 13.7. The Balaban J connectivity index is 1.67. The molecule has 1 aromatic heterocycles. The number of carbonyl (C=O) groups excluding carboxylic acids is 1. The molecule has 1 saturated heterocycles. The first-order valence-corrected chi connectivity index (χ1v) is 10.0. The summed E-state index contributed by atoms with van der Waals surface area (Å²) in [5.41, 5.74) is 7.19. The quantitative estimate of drug-likeness (QED) is 0.892. The fraction of sp³-hybridized carbons (Fsp3) is 0.500. The second kappa shape index (κ2) is 6.74. The molecule has 1 saturated carbocycles. The molecule has 0 spiro atoms. The van der Waals surface area contributed by atoms with Gasteiger partial charge in [0, 0.05) is 19.1 Å². The number of hydrogen-bond acceptors (Lipinski definition) is 4. The average molecular weight is 373 g/mol. The fourth-order valence-corrected chi connectivity index (χ4v) is 5.72. The summed E-state index contributed by atoms with van der Waals surface area (Å²) in [5, 5.41) is 0.810. The molecular weight excluding hydrogens is 349 g/mol. The monoisotopic (exact) mass is 373 g/mol. The predicted octanol–water partition coefficient (Wildman–Crippen LogP) is 3.70. The van der Waals surface area contributed by atoms with Gasteiger partial charge < -0.3 is 10.6 Å². The van der Waals surface area contributed by atoms with Crippen molar-refractivity contribution in [1.82, 2.24) is 9.88 Å². The molecule has 4 nitrogen and oxygen atoms in total. The first kappa shape index (κ1) is 17.6. The van der Waals surface area contributed by atoms with Crippen LogP contribution in [0.4, 0.5) is 4.39 Å². The van der Waals surface area contributed by atoms with Crippen molar-refractivity contribution in [2.24, 2.45) is 23.5 Å². The van der Waals surface area contributed by atoms with Crippen molar-refractivity contribution in [3.63, 3.8) is 0 Å². The molecule has 0 radical (unpaired) electrons.